The van der Waals surface area contributed by atoms with Gasteiger partial charge in [0.05, 0.1) is 25.8 Å². The minimum atomic E-state index is -0.741. The maximum atomic E-state index is 13.2. The highest BCUT2D eigenvalue weighted by atomic mass is 16.5. The van der Waals surface area contributed by atoms with Crippen molar-refractivity contribution in [2.75, 3.05) is 20.8 Å². The lowest BCUT2D eigenvalue weighted by molar-refractivity contribution is -0.139. The van der Waals surface area contributed by atoms with Crippen molar-refractivity contribution >= 4 is 17.4 Å². The molecular formula is C27H25NO5. The van der Waals surface area contributed by atoms with E-state index in [1.807, 2.05) is 36.4 Å². The zero-order valence-electron chi connectivity index (χ0n) is 18.5. The Hall–Kier alpha value is -4.06. The van der Waals surface area contributed by atoms with Crippen LogP contribution in [0.15, 0.2) is 84.4 Å². The molecule has 1 N–H and O–H groups in total. The molecule has 1 fully saturated rings. The molecule has 1 aliphatic rings. The number of carbonyl (C=O) groups excluding carboxylic acids is 2. The lowest BCUT2D eigenvalue weighted by atomic mass is 9.95. The summed E-state index contributed by atoms with van der Waals surface area (Å²) in [5.74, 6) is -0.445. The average molecular weight is 443 g/mol. The SMILES string of the molecule is COc1cccc(C(O)=C2C(=O)C(=O)N(CCc3ccccc3)C2c2cccc(OC)c2)c1. The van der Waals surface area contributed by atoms with Crippen LogP contribution in [0.5, 0.6) is 11.5 Å². The molecule has 3 aromatic rings. The summed E-state index contributed by atoms with van der Waals surface area (Å²) in [5, 5.41) is 11.2. The van der Waals surface area contributed by atoms with Gasteiger partial charge in [-0.1, -0.05) is 54.6 Å². The van der Waals surface area contributed by atoms with Gasteiger partial charge in [0.25, 0.3) is 11.7 Å². The largest absolute Gasteiger partial charge is 0.507 e. The number of benzene rings is 3. The monoisotopic (exact) mass is 443 g/mol. The Morgan fingerprint density at radius 2 is 1.55 bits per heavy atom. The van der Waals surface area contributed by atoms with Gasteiger partial charge in [-0.3, -0.25) is 9.59 Å². The van der Waals surface area contributed by atoms with Crippen molar-refractivity contribution in [2.24, 2.45) is 0 Å². The van der Waals surface area contributed by atoms with Crippen molar-refractivity contribution in [3.05, 3.63) is 101 Å². The lowest BCUT2D eigenvalue weighted by Gasteiger charge is -2.25. The predicted octanol–water partition coefficient (Wildman–Crippen LogP) is 4.37. The molecule has 1 atom stereocenters. The van der Waals surface area contributed by atoms with E-state index in [1.54, 1.807) is 49.6 Å². The molecule has 1 aliphatic heterocycles. The van der Waals surface area contributed by atoms with Crippen LogP contribution in [0.25, 0.3) is 5.76 Å². The number of methoxy groups -OCH3 is 2. The molecule has 0 saturated carbocycles. The smallest absolute Gasteiger partial charge is 0.295 e. The van der Waals surface area contributed by atoms with Gasteiger partial charge >= 0.3 is 0 Å². The van der Waals surface area contributed by atoms with Crippen LogP contribution in [0.1, 0.15) is 22.7 Å². The summed E-state index contributed by atoms with van der Waals surface area (Å²) in [6, 6.07) is 23.0. The fourth-order valence-corrected chi connectivity index (χ4v) is 4.09. The van der Waals surface area contributed by atoms with Crippen LogP contribution in [0.2, 0.25) is 0 Å². The van der Waals surface area contributed by atoms with Gasteiger partial charge in [-0.2, -0.15) is 0 Å². The van der Waals surface area contributed by atoms with E-state index >= 15 is 0 Å². The molecule has 1 amide bonds. The van der Waals surface area contributed by atoms with E-state index in [2.05, 4.69) is 0 Å². The molecule has 0 radical (unpaired) electrons. The van der Waals surface area contributed by atoms with E-state index in [-0.39, 0.29) is 11.3 Å². The number of Topliss-reactive ketones (excluding diaryl/α,β-unsaturated/α-hetero) is 1. The first-order chi connectivity index (χ1) is 16.0. The molecule has 0 bridgehead atoms. The Morgan fingerprint density at radius 3 is 2.24 bits per heavy atom. The summed E-state index contributed by atoms with van der Waals surface area (Å²) in [5.41, 5.74) is 2.19. The zero-order valence-corrected chi connectivity index (χ0v) is 18.5. The van der Waals surface area contributed by atoms with Crippen molar-refractivity contribution in [1.29, 1.82) is 0 Å². The van der Waals surface area contributed by atoms with Crippen molar-refractivity contribution in [3.8, 4) is 11.5 Å². The highest BCUT2D eigenvalue weighted by Crippen LogP contribution is 2.40. The zero-order chi connectivity index (χ0) is 23.4. The number of ether oxygens (including phenoxy) is 2. The van der Waals surface area contributed by atoms with Crippen LogP contribution in [0.4, 0.5) is 0 Å². The van der Waals surface area contributed by atoms with Crippen molar-refractivity contribution in [2.45, 2.75) is 12.5 Å². The summed E-state index contributed by atoms with van der Waals surface area (Å²) in [7, 11) is 3.08. The van der Waals surface area contributed by atoms with Crippen molar-refractivity contribution < 1.29 is 24.2 Å². The Morgan fingerprint density at radius 1 is 0.879 bits per heavy atom. The molecule has 0 aliphatic carbocycles. The molecule has 33 heavy (non-hydrogen) atoms. The van der Waals surface area contributed by atoms with E-state index in [4.69, 9.17) is 9.47 Å². The number of aliphatic hydroxyl groups is 1. The summed E-state index contributed by atoms with van der Waals surface area (Å²) < 4.78 is 10.6. The highest BCUT2D eigenvalue weighted by Gasteiger charge is 2.46. The third-order valence-electron chi connectivity index (χ3n) is 5.78. The van der Waals surface area contributed by atoms with E-state index < -0.39 is 17.7 Å². The standard InChI is InChI=1S/C27H25NO5/c1-32-21-12-6-10-19(16-21)24-23(25(29)20-11-7-13-22(17-20)33-2)26(30)27(31)28(24)15-14-18-8-4-3-5-9-18/h3-13,16-17,24,29H,14-15H2,1-2H3. The molecule has 0 spiro atoms. The number of rotatable bonds is 7. The van der Waals surface area contributed by atoms with Crippen LogP contribution in [-0.4, -0.2) is 42.5 Å². The van der Waals surface area contributed by atoms with Crippen LogP contribution < -0.4 is 9.47 Å². The predicted molar refractivity (Wildman–Crippen MR) is 125 cm³/mol. The number of carbonyl (C=O) groups is 2. The highest BCUT2D eigenvalue weighted by molar-refractivity contribution is 6.46. The summed E-state index contributed by atoms with van der Waals surface area (Å²) in [6.07, 6.45) is 0.577. The molecule has 3 aromatic carbocycles. The summed E-state index contributed by atoms with van der Waals surface area (Å²) in [6.45, 7) is 0.325. The van der Waals surface area contributed by atoms with Crippen molar-refractivity contribution in [1.82, 2.24) is 4.90 Å². The number of likely N-dealkylation sites (tertiary alicyclic amines) is 1. The molecule has 168 valence electrons. The van der Waals surface area contributed by atoms with Gasteiger partial charge in [0, 0.05) is 12.1 Å². The van der Waals surface area contributed by atoms with Gasteiger partial charge in [-0.25, -0.2) is 0 Å². The third-order valence-corrected chi connectivity index (χ3v) is 5.78. The van der Waals surface area contributed by atoms with E-state index in [0.717, 1.165) is 5.56 Å². The Labute approximate surface area is 192 Å². The van der Waals surface area contributed by atoms with Gasteiger partial charge in [-0.15, -0.1) is 0 Å². The Bertz CT molecular complexity index is 1200. The fourth-order valence-electron chi connectivity index (χ4n) is 4.09. The van der Waals surface area contributed by atoms with E-state index in [0.29, 0.717) is 35.6 Å². The van der Waals surface area contributed by atoms with Crippen LogP contribution in [0, 0.1) is 0 Å². The second-order valence-electron chi connectivity index (χ2n) is 7.74. The number of amides is 1. The third kappa shape index (κ3) is 4.46. The molecule has 1 unspecified atom stereocenters. The van der Waals surface area contributed by atoms with Gasteiger partial charge in [0.15, 0.2) is 0 Å². The minimum absolute atomic E-state index is 0.0505. The van der Waals surface area contributed by atoms with Crippen molar-refractivity contribution in [3.63, 3.8) is 0 Å². The molecule has 6 heteroatoms. The Kier molecular flexibility index (Phi) is 6.45. The first-order valence-corrected chi connectivity index (χ1v) is 10.6. The molecule has 6 nitrogen and oxygen atoms in total. The molecule has 0 aromatic heterocycles. The maximum absolute atomic E-state index is 13.2. The Balaban J connectivity index is 1.81. The van der Waals surface area contributed by atoms with Crippen LogP contribution in [-0.2, 0) is 16.0 Å². The second-order valence-corrected chi connectivity index (χ2v) is 7.74. The summed E-state index contributed by atoms with van der Waals surface area (Å²) >= 11 is 0. The van der Waals surface area contributed by atoms with Gasteiger partial charge in [0.2, 0.25) is 0 Å². The number of hydrogen-bond donors (Lipinski definition) is 1. The van der Waals surface area contributed by atoms with Crippen LogP contribution in [0.3, 0.4) is 0 Å². The number of aliphatic hydroxyl groups excluding tert-OH is 1. The molecular weight excluding hydrogens is 418 g/mol. The number of nitrogens with zero attached hydrogens (tertiary/aromatic N) is 1. The van der Waals surface area contributed by atoms with Gasteiger partial charge in [0.1, 0.15) is 17.3 Å². The number of ketones is 1. The first-order valence-electron chi connectivity index (χ1n) is 10.6. The van der Waals surface area contributed by atoms with E-state index in [1.165, 1.54) is 12.0 Å². The second kappa shape index (κ2) is 9.61. The lowest BCUT2D eigenvalue weighted by Crippen LogP contribution is -2.31. The molecule has 1 saturated heterocycles. The maximum Gasteiger partial charge on any atom is 0.295 e. The topological polar surface area (TPSA) is 76.1 Å². The van der Waals surface area contributed by atoms with Crippen LogP contribution >= 0.6 is 0 Å². The normalized spacial score (nSPS) is 17.3. The number of hydrogen-bond acceptors (Lipinski definition) is 5. The fraction of sp³-hybridized carbons (Fsp3) is 0.185. The summed E-state index contributed by atoms with van der Waals surface area (Å²) in [4.78, 5) is 27.8. The minimum Gasteiger partial charge on any atom is -0.507 e. The van der Waals surface area contributed by atoms with Gasteiger partial charge < -0.3 is 19.5 Å². The average Bonchev–Trinajstić information content (AvgIpc) is 3.12. The quantitative estimate of drug-likeness (QED) is 0.333. The van der Waals surface area contributed by atoms with E-state index in [9.17, 15) is 14.7 Å². The molecule has 4 rings (SSSR count). The van der Waals surface area contributed by atoms with Gasteiger partial charge in [-0.05, 0) is 41.8 Å². The first kappa shape index (κ1) is 22.1. The molecule has 1 heterocycles.